The van der Waals surface area contributed by atoms with E-state index in [4.69, 9.17) is 10.8 Å². The van der Waals surface area contributed by atoms with Gasteiger partial charge in [-0.3, -0.25) is 4.79 Å². The van der Waals surface area contributed by atoms with E-state index in [9.17, 15) is 4.79 Å². The van der Waals surface area contributed by atoms with Gasteiger partial charge in [0.05, 0.1) is 6.61 Å². The van der Waals surface area contributed by atoms with Crippen molar-refractivity contribution < 1.29 is 14.6 Å². The molecule has 0 spiro atoms. The summed E-state index contributed by atoms with van der Waals surface area (Å²) in [6.07, 6.45) is 0. The molecule has 15 heavy (non-hydrogen) atoms. The van der Waals surface area contributed by atoms with Gasteiger partial charge >= 0.3 is 5.97 Å². The van der Waals surface area contributed by atoms with Gasteiger partial charge in [0.15, 0.2) is 0 Å². The summed E-state index contributed by atoms with van der Waals surface area (Å²) in [4.78, 5) is 10.4. The number of ether oxygens (including phenoxy) is 1. The van der Waals surface area contributed by atoms with E-state index in [2.05, 4.69) is 4.74 Å². The fourth-order valence-electron chi connectivity index (χ4n) is 0.702. The van der Waals surface area contributed by atoms with Gasteiger partial charge in [-0.1, -0.05) is 18.2 Å². The summed E-state index contributed by atoms with van der Waals surface area (Å²) in [5.41, 5.74) is 5.15. The van der Waals surface area contributed by atoms with Crippen LogP contribution in [0.3, 0.4) is 0 Å². The molecular weight excluding hydrogens is 194 g/mol. The van der Waals surface area contributed by atoms with Crippen molar-refractivity contribution in [3.8, 4) is 5.75 Å². The van der Waals surface area contributed by atoms with Gasteiger partial charge in [0, 0.05) is 0 Å². The Hall–Kier alpha value is -1.55. The number of para-hydroxylation sites is 1. The van der Waals surface area contributed by atoms with Crippen LogP contribution in [0, 0.1) is 0 Å². The van der Waals surface area contributed by atoms with E-state index in [1.807, 2.05) is 6.07 Å². The highest BCUT2D eigenvalue weighted by Crippen LogP contribution is 2.02. The molecule has 3 N–H and O–H groups in total. The maximum Gasteiger partial charge on any atom is 0.322 e. The van der Waals surface area contributed by atoms with E-state index >= 15 is 0 Å². The molecule has 0 aliphatic heterocycles. The van der Waals surface area contributed by atoms with Gasteiger partial charge in [-0.15, -0.1) is 0 Å². The van der Waals surface area contributed by atoms with Gasteiger partial charge < -0.3 is 15.6 Å². The first-order chi connectivity index (χ1) is 7.07. The highest BCUT2D eigenvalue weighted by atomic mass is 16.5. The van der Waals surface area contributed by atoms with Crippen LogP contribution < -0.4 is 5.73 Å². The van der Waals surface area contributed by atoms with Crippen molar-refractivity contribution in [2.45, 2.75) is 19.9 Å². The van der Waals surface area contributed by atoms with Crippen molar-refractivity contribution in [2.75, 3.05) is 6.61 Å². The Balaban J connectivity index is 0.000000262. The van der Waals surface area contributed by atoms with E-state index < -0.39 is 6.04 Å². The van der Waals surface area contributed by atoms with Crippen LogP contribution in [0.2, 0.25) is 0 Å². The minimum Gasteiger partial charge on any atom is -0.508 e. The predicted molar refractivity (Wildman–Crippen MR) is 58.4 cm³/mol. The van der Waals surface area contributed by atoms with E-state index in [-0.39, 0.29) is 5.97 Å². The predicted octanol–water partition coefficient (Wildman–Crippen LogP) is 1.29. The van der Waals surface area contributed by atoms with Gasteiger partial charge in [-0.25, -0.2) is 0 Å². The second kappa shape index (κ2) is 7.82. The fraction of sp³-hybridized carbons (Fsp3) is 0.364. The standard InChI is InChI=1S/C6H6O.C5H11NO2/c7-6-4-2-1-3-5-6;1-3-8-5(7)4(2)6/h1-5,7H;4H,3,6H2,1-2H3. The van der Waals surface area contributed by atoms with Gasteiger partial charge in [0.25, 0.3) is 0 Å². The Morgan fingerprint density at radius 1 is 1.47 bits per heavy atom. The van der Waals surface area contributed by atoms with Crippen molar-refractivity contribution >= 4 is 5.97 Å². The molecule has 1 aromatic carbocycles. The van der Waals surface area contributed by atoms with E-state index in [1.54, 1.807) is 38.1 Å². The Bertz CT molecular complexity index is 272. The van der Waals surface area contributed by atoms with Crippen LogP contribution in [0.1, 0.15) is 13.8 Å². The third-order valence-corrected chi connectivity index (χ3v) is 1.41. The molecule has 0 bridgehead atoms. The maximum atomic E-state index is 10.4. The number of phenolic OH excluding ortho intramolecular Hbond substituents is 1. The number of rotatable bonds is 2. The minimum absolute atomic E-state index is 0.322. The molecule has 0 aliphatic carbocycles. The molecule has 0 aliphatic rings. The van der Waals surface area contributed by atoms with Crippen molar-refractivity contribution in [2.24, 2.45) is 5.73 Å². The fourth-order valence-corrected chi connectivity index (χ4v) is 0.702. The number of phenols is 1. The Kier molecular flexibility index (Phi) is 7.01. The van der Waals surface area contributed by atoms with Gasteiger partial charge in [0.2, 0.25) is 0 Å². The number of carbonyl (C=O) groups is 1. The topological polar surface area (TPSA) is 72.5 Å². The number of esters is 1. The van der Waals surface area contributed by atoms with Gasteiger partial charge in [-0.2, -0.15) is 0 Å². The Labute approximate surface area is 89.7 Å². The quantitative estimate of drug-likeness (QED) is 0.723. The van der Waals surface area contributed by atoms with Crippen molar-refractivity contribution in [1.29, 1.82) is 0 Å². The highest BCUT2D eigenvalue weighted by Gasteiger charge is 2.05. The van der Waals surface area contributed by atoms with Crippen LogP contribution in [0.15, 0.2) is 30.3 Å². The number of aromatic hydroxyl groups is 1. The average Bonchev–Trinajstić information content (AvgIpc) is 2.20. The van der Waals surface area contributed by atoms with Crippen LogP contribution >= 0.6 is 0 Å². The normalized spacial score (nSPS) is 10.9. The van der Waals surface area contributed by atoms with E-state index in [0.717, 1.165) is 0 Å². The molecule has 1 atom stereocenters. The lowest BCUT2D eigenvalue weighted by molar-refractivity contribution is -0.144. The van der Waals surface area contributed by atoms with Crippen LogP contribution in [0.4, 0.5) is 0 Å². The summed E-state index contributed by atoms with van der Waals surface area (Å²) in [7, 11) is 0. The zero-order chi connectivity index (χ0) is 11.7. The number of hydrogen-bond donors (Lipinski definition) is 2. The summed E-state index contributed by atoms with van der Waals surface area (Å²) >= 11 is 0. The molecule has 1 rings (SSSR count). The molecule has 0 saturated carbocycles. The molecular formula is C11H17NO3. The summed E-state index contributed by atoms with van der Waals surface area (Å²) in [5, 5.41) is 8.63. The minimum atomic E-state index is -0.491. The Morgan fingerprint density at radius 2 is 2.00 bits per heavy atom. The van der Waals surface area contributed by atoms with Crippen LogP contribution in [-0.4, -0.2) is 23.7 Å². The first kappa shape index (κ1) is 13.4. The summed E-state index contributed by atoms with van der Waals surface area (Å²) in [5.74, 6) is -0.0185. The summed E-state index contributed by atoms with van der Waals surface area (Å²) in [6, 6.07) is 8.22. The van der Waals surface area contributed by atoms with Crippen molar-refractivity contribution in [3.63, 3.8) is 0 Å². The molecule has 0 radical (unpaired) electrons. The molecule has 0 heterocycles. The van der Waals surface area contributed by atoms with Crippen LogP contribution in [0.5, 0.6) is 5.75 Å². The molecule has 0 fully saturated rings. The highest BCUT2D eigenvalue weighted by molar-refractivity contribution is 5.74. The summed E-state index contributed by atoms with van der Waals surface area (Å²) in [6.45, 7) is 3.75. The lowest BCUT2D eigenvalue weighted by Crippen LogP contribution is -2.28. The number of hydrogen-bond acceptors (Lipinski definition) is 4. The zero-order valence-electron chi connectivity index (χ0n) is 9.01. The lowest BCUT2D eigenvalue weighted by atomic mass is 10.3. The number of benzene rings is 1. The third kappa shape index (κ3) is 7.52. The molecule has 0 saturated heterocycles. The number of nitrogens with two attached hydrogens (primary N) is 1. The SMILES string of the molecule is CCOC(=O)C(C)N.Oc1ccccc1. The molecule has 4 nitrogen and oxygen atoms in total. The van der Waals surface area contributed by atoms with Crippen LogP contribution in [-0.2, 0) is 9.53 Å². The maximum absolute atomic E-state index is 10.4. The molecule has 1 aromatic rings. The van der Waals surface area contributed by atoms with Crippen LogP contribution in [0.25, 0.3) is 0 Å². The largest absolute Gasteiger partial charge is 0.508 e. The summed E-state index contributed by atoms with van der Waals surface area (Å²) < 4.78 is 4.54. The first-order valence-corrected chi connectivity index (χ1v) is 4.74. The third-order valence-electron chi connectivity index (χ3n) is 1.41. The second-order valence-corrected chi connectivity index (χ2v) is 2.88. The molecule has 4 heteroatoms. The van der Waals surface area contributed by atoms with Gasteiger partial charge in [-0.05, 0) is 26.0 Å². The van der Waals surface area contributed by atoms with E-state index in [0.29, 0.717) is 12.4 Å². The Morgan fingerprint density at radius 3 is 2.20 bits per heavy atom. The monoisotopic (exact) mass is 211 g/mol. The van der Waals surface area contributed by atoms with Crippen molar-refractivity contribution in [3.05, 3.63) is 30.3 Å². The number of carbonyl (C=O) groups excluding carboxylic acids is 1. The van der Waals surface area contributed by atoms with Crippen molar-refractivity contribution in [1.82, 2.24) is 0 Å². The molecule has 1 unspecified atom stereocenters. The van der Waals surface area contributed by atoms with E-state index in [1.165, 1.54) is 0 Å². The zero-order valence-corrected chi connectivity index (χ0v) is 9.01. The molecule has 0 aromatic heterocycles. The smallest absolute Gasteiger partial charge is 0.322 e. The average molecular weight is 211 g/mol. The molecule has 84 valence electrons. The lowest BCUT2D eigenvalue weighted by Gasteiger charge is -2.02. The van der Waals surface area contributed by atoms with Gasteiger partial charge in [0.1, 0.15) is 11.8 Å². The second-order valence-electron chi connectivity index (χ2n) is 2.88. The first-order valence-electron chi connectivity index (χ1n) is 4.74. The molecule has 0 amide bonds.